The van der Waals surface area contributed by atoms with E-state index in [9.17, 15) is 0 Å². The summed E-state index contributed by atoms with van der Waals surface area (Å²) in [5.41, 5.74) is 6.30. The van der Waals surface area contributed by atoms with Crippen LogP contribution in [-0.4, -0.2) is 0 Å². The van der Waals surface area contributed by atoms with Gasteiger partial charge in [0, 0.05) is 9.50 Å². The molecule has 0 saturated heterocycles. The summed E-state index contributed by atoms with van der Waals surface area (Å²) in [5, 5.41) is 1.16. The molecule has 2 N–H and O–H groups in total. The molecule has 0 aliphatic heterocycles. The van der Waals surface area contributed by atoms with Crippen molar-refractivity contribution in [1.29, 1.82) is 0 Å². The highest BCUT2D eigenvalue weighted by Crippen LogP contribution is 2.38. The van der Waals surface area contributed by atoms with Crippen molar-refractivity contribution in [2.75, 3.05) is 5.73 Å². The first-order valence-electron chi connectivity index (χ1n) is 4.85. The molecule has 2 rings (SSSR count). The minimum Gasteiger partial charge on any atom is -0.454 e. The van der Waals surface area contributed by atoms with Gasteiger partial charge in [-0.2, -0.15) is 0 Å². The first-order chi connectivity index (χ1) is 8.47. The summed E-state index contributed by atoms with van der Waals surface area (Å²) in [7, 11) is 0. The normalized spacial score (nSPS) is 10.4. The SMILES string of the molecule is Nc1cc(Cl)ccc1Oc1cc(Br)c(Cl)cc1Br. The smallest absolute Gasteiger partial charge is 0.150 e. The van der Waals surface area contributed by atoms with Crippen molar-refractivity contribution < 1.29 is 4.74 Å². The predicted octanol–water partition coefficient (Wildman–Crippen LogP) is 5.89. The highest BCUT2D eigenvalue weighted by atomic mass is 79.9. The number of hydrogen-bond donors (Lipinski definition) is 1. The van der Waals surface area contributed by atoms with Gasteiger partial charge >= 0.3 is 0 Å². The summed E-state index contributed by atoms with van der Waals surface area (Å²) >= 11 is 18.5. The van der Waals surface area contributed by atoms with Crippen molar-refractivity contribution in [3.8, 4) is 11.5 Å². The molecule has 0 unspecified atom stereocenters. The van der Waals surface area contributed by atoms with Crippen LogP contribution in [0.3, 0.4) is 0 Å². The zero-order valence-corrected chi connectivity index (χ0v) is 13.6. The molecule has 0 heterocycles. The maximum absolute atomic E-state index is 5.97. The number of anilines is 1. The Bertz CT molecular complexity index is 605. The Morgan fingerprint density at radius 2 is 1.67 bits per heavy atom. The number of rotatable bonds is 2. The molecule has 0 amide bonds. The minimum absolute atomic E-state index is 0.473. The molecule has 0 aliphatic rings. The summed E-state index contributed by atoms with van der Waals surface area (Å²) in [6.07, 6.45) is 0. The summed E-state index contributed by atoms with van der Waals surface area (Å²) in [4.78, 5) is 0. The molecule has 6 heteroatoms. The molecule has 0 spiro atoms. The molecule has 0 saturated carbocycles. The van der Waals surface area contributed by atoms with Gasteiger partial charge in [-0.25, -0.2) is 0 Å². The van der Waals surface area contributed by atoms with Gasteiger partial charge in [0.2, 0.25) is 0 Å². The summed E-state index contributed by atoms with van der Waals surface area (Å²) in [5.74, 6) is 1.15. The second-order valence-corrected chi connectivity index (χ2v) is 6.03. The Balaban J connectivity index is 2.37. The monoisotopic (exact) mass is 409 g/mol. The lowest BCUT2D eigenvalue weighted by molar-refractivity contribution is 0.481. The first-order valence-corrected chi connectivity index (χ1v) is 7.19. The molecule has 18 heavy (non-hydrogen) atoms. The van der Waals surface area contributed by atoms with Crippen LogP contribution < -0.4 is 10.5 Å². The third kappa shape index (κ3) is 3.12. The van der Waals surface area contributed by atoms with E-state index >= 15 is 0 Å². The predicted molar refractivity (Wildman–Crippen MR) is 82.8 cm³/mol. The van der Waals surface area contributed by atoms with Crippen LogP contribution in [-0.2, 0) is 0 Å². The van der Waals surface area contributed by atoms with Crippen molar-refractivity contribution in [3.63, 3.8) is 0 Å². The average Bonchev–Trinajstić information content (AvgIpc) is 2.29. The van der Waals surface area contributed by atoms with Crippen LogP contribution in [0.25, 0.3) is 0 Å². The molecular formula is C12H7Br2Cl2NO. The summed E-state index contributed by atoms with van der Waals surface area (Å²) in [6, 6.07) is 8.57. The third-order valence-electron chi connectivity index (χ3n) is 2.17. The molecule has 94 valence electrons. The Morgan fingerprint density at radius 1 is 0.944 bits per heavy atom. The van der Waals surface area contributed by atoms with Gasteiger partial charge in [0.15, 0.2) is 0 Å². The van der Waals surface area contributed by atoms with E-state index in [4.69, 9.17) is 33.7 Å². The average molecular weight is 412 g/mol. The summed E-state index contributed by atoms with van der Waals surface area (Å²) < 4.78 is 7.20. The van der Waals surface area contributed by atoms with Crippen molar-refractivity contribution in [2.45, 2.75) is 0 Å². The lowest BCUT2D eigenvalue weighted by Crippen LogP contribution is -1.92. The van der Waals surface area contributed by atoms with Gasteiger partial charge in [0.05, 0.1) is 15.2 Å². The molecule has 0 aromatic heterocycles. The Kier molecular flexibility index (Phi) is 4.43. The maximum Gasteiger partial charge on any atom is 0.150 e. The largest absolute Gasteiger partial charge is 0.454 e. The fourth-order valence-corrected chi connectivity index (χ4v) is 2.54. The zero-order valence-electron chi connectivity index (χ0n) is 8.88. The molecule has 0 radical (unpaired) electrons. The van der Waals surface area contributed by atoms with Crippen LogP contribution in [0.4, 0.5) is 5.69 Å². The number of hydrogen-bond acceptors (Lipinski definition) is 2. The van der Waals surface area contributed by atoms with Gasteiger partial charge in [-0.3, -0.25) is 0 Å². The zero-order chi connectivity index (χ0) is 13.3. The van der Waals surface area contributed by atoms with Crippen LogP contribution in [0, 0.1) is 0 Å². The topological polar surface area (TPSA) is 35.2 Å². The van der Waals surface area contributed by atoms with E-state index in [0.717, 1.165) is 8.95 Å². The number of nitrogen functional groups attached to an aromatic ring is 1. The van der Waals surface area contributed by atoms with E-state index in [-0.39, 0.29) is 0 Å². The quantitative estimate of drug-likeness (QED) is 0.493. The molecule has 0 aliphatic carbocycles. The lowest BCUT2D eigenvalue weighted by atomic mass is 10.3. The van der Waals surface area contributed by atoms with Crippen molar-refractivity contribution in [3.05, 3.63) is 49.3 Å². The van der Waals surface area contributed by atoms with Crippen molar-refractivity contribution in [2.24, 2.45) is 0 Å². The van der Waals surface area contributed by atoms with E-state index in [1.165, 1.54) is 0 Å². The van der Waals surface area contributed by atoms with Crippen molar-refractivity contribution >= 4 is 60.7 Å². The van der Waals surface area contributed by atoms with E-state index in [1.54, 1.807) is 30.3 Å². The maximum atomic E-state index is 5.97. The Labute approximate surface area is 131 Å². The standard InChI is InChI=1S/C12H7Br2Cl2NO/c13-7-5-12(8(14)4-9(7)16)18-11-2-1-6(15)3-10(11)17/h1-5H,17H2. The Hall–Kier alpha value is -0.420. The number of halogens is 4. The minimum atomic E-state index is 0.473. The second kappa shape index (κ2) is 5.70. The summed E-state index contributed by atoms with van der Waals surface area (Å²) in [6.45, 7) is 0. The third-order valence-corrected chi connectivity index (χ3v) is 4.22. The number of benzene rings is 2. The molecule has 2 aromatic carbocycles. The molecule has 0 atom stereocenters. The molecule has 0 fully saturated rings. The molecule has 2 aromatic rings. The van der Waals surface area contributed by atoms with Crippen LogP contribution in [0.15, 0.2) is 39.3 Å². The number of nitrogens with two attached hydrogens (primary N) is 1. The Morgan fingerprint density at radius 3 is 2.33 bits per heavy atom. The van der Waals surface area contributed by atoms with Crippen LogP contribution in [0.5, 0.6) is 11.5 Å². The van der Waals surface area contributed by atoms with Crippen molar-refractivity contribution in [1.82, 2.24) is 0 Å². The highest BCUT2D eigenvalue weighted by molar-refractivity contribution is 9.11. The first kappa shape index (κ1) is 14.0. The molecule has 2 nitrogen and oxygen atoms in total. The second-order valence-electron chi connectivity index (χ2n) is 3.48. The van der Waals surface area contributed by atoms with E-state index in [0.29, 0.717) is 27.2 Å². The van der Waals surface area contributed by atoms with Crippen LogP contribution in [0.1, 0.15) is 0 Å². The van der Waals surface area contributed by atoms with Gasteiger partial charge in [-0.05, 0) is 62.2 Å². The van der Waals surface area contributed by atoms with Gasteiger partial charge < -0.3 is 10.5 Å². The fourth-order valence-electron chi connectivity index (χ4n) is 1.31. The van der Waals surface area contributed by atoms with E-state index in [2.05, 4.69) is 31.9 Å². The molecule has 0 bridgehead atoms. The van der Waals surface area contributed by atoms with Gasteiger partial charge in [0.25, 0.3) is 0 Å². The molecular weight excluding hydrogens is 405 g/mol. The van der Waals surface area contributed by atoms with Gasteiger partial charge in [-0.15, -0.1) is 0 Å². The van der Waals surface area contributed by atoms with Crippen LogP contribution in [0.2, 0.25) is 10.0 Å². The fraction of sp³-hybridized carbons (Fsp3) is 0. The van der Waals surface area contributed by atoms with Gasteiger partial charge in [-0.1, -0.05) is 23.2 Å². The van der Waals surface area contributed by atoms with Gasteiger partial charge in [0.1, 0.15) is 11.5 Å². The van der Waals surface area contributed by atoms with E-state index in [1.807, 2.05) is 0 Å². The number of ether oxygens (including phenoxy) is 1. The highest BCUT2D eigenvalue weighted by Gasteiger charge is 2.09. The lowest BCUT2D eigenvalue weighted by Gasteiger charge is -2.11. The van der Waals surface area contributed by atoms with E-state index < -0.39 is 0 Å². The van der Waals surface area contributed by atoms with Crippen LogP contribution >= 0.6 is 55.1 Å².